The van der Waals surface area contributed by atoms with Gasteiger partial charge in [0.05, 0.1) is 5.60 Å². The van der Waals surface area contributed by atoms with Gasteiger partial charge in [-0.3, -0.25) is 0 Å². The van der Waals surface area contributed by atoms with Crippen LogP contribution in [0.3, 0.4) is 0 Å². The van der Waals surface area contributed by atoms with E-state index in [9.17, 15) is 13.9 Å². The molecule has 0 spiro atoms. The molecule has 1 nitrogen and oxygen atoms in total. The second kappa shape index (κ2) is 3.58. The lowest BCUT2D eigenvalue weighted by molar-refractivity contribution is -0.0144. The second-order valence-corrected chi connectivity index (χ2v) is 3.53. The van der Waals surface area contributed by atoms with Gasteiger partial charge in [0, 0.05) is 6.42 Å². The van der Waals surface area contributed by atoms with Crippen LogP contribution in [0, 0.1) is 0 Å². The SMILES string of the molecule is C=CCCC1(O)C=CC(F)(F)CC1. The van der Waals surface area contributed by atoms with Crippen LogP contribution in [0.15, 0.2) is 24.8 Å². The first kappa shape index (κ1) is 10.4. The van der Waals surface area contributed by atoms with Crippen molar-refractivity contribution in [2.75, 3.05) is 0 Å². The number of aliphatic hydroxyl groups is 1. The minimum Gasteiger partial charge on any atom is -0.386 e. The van der Waals surface area contributed by atoms with Crippen LogP contribution in [-0.2, 0) is 0 Å². The fraction of sp³-hybridized carbons (Fsp3) is 0.600. The minimum atomic E-state index is -2.74. The molecule has 0 amide bonds. The number of rotatable bonds is 3. The van der Waals surface area contributed by atoms with E-state index in [0.29, 0.717) is 12.8 Å². The molecular formula is C10H14F2O. The van der Waals surface area contributed by atoms with Crippen LogP contribution in [0.5, 0.6) is 0 Å². The number of hydrogen-bond acceptors (Lipinski definition) is 1. The highest BCUT2D eigenvalue weighted by Gasteiger charge is 2.36. The Bertz CT molecular complexity index is 223. The largest absolute Gasteiger partial charge is 0.386 e. The Morgan fingerprint density at radius 2 is 2.08 bits per heavy atom. The molecular weight excluding hydrogens is 174 g/mol. The molecule has 1 aliphatic rings. The standard InChI is InChI=1S/C10H14F2O/c1-2-3-4-9(13)5-7-10(11,12)8-6-9/h2,5,7,13H,1,3-4,6,8H2. The number of alkyl halides is 2. The predicted molar refractivity (Wildman–Crippen MR) is 47.7 cm³/mol. The summed E-state index contributed by atoms with van der Waals surface area (Å²) in [5, 5.41) is 9.77. The molecule has 0 heterocycles. The van der Waals surface area contributed by atoms with Crippen molar-refractivity contribution >= 4 is 0 Å². The molecule has 0 saturated heterocycles. The van der Waals surface area contributed by atoms with Crippen molar-refractivity contribution in [3.63, 3.8) is 0 Å². The molecule has 1 N–H and O–H groups in total. The number of hydrogen-bond donors (Lipinski definition) is 1. The average Bonchev–Trinajstić information content (AvgIpc) is 2.08. The molecule has 1 atom stereocenters. The van der Waals surface area contributed by atoms with Crippen molar-refractivity contribution in [3.05, 3.63) is 24.8 Å². The fourth-order valence-electron chi connectivity index (χ4n) is 1.39. The zero-order chi connectivity index (χ0) is 9.95. The topological polar surface area (TPSA) is 20.2 Å². The average molecular weight is 188 g/mol. The summed E-state index contributed by atoms with van der Waals surface area (Å²) < 4.78 is 25.3. The Morgan fingerprint density at radius 3 is 2.54 bits per heavy atom. The zero-order valence-corrected chi connectivity index (χ0v) is 7.47. The molecule has 1 rings (SSSR count). The van der Waals surface area contributed by atoms with Crippen molar-refractivity contribution in [1.29, 1.82) is 0 Å². The molecule has 1 aliphatic carbocycles. The fourth-order valence-corrected chi connectivity index (χ4v) is 1.39. The van der Waals surface area contributed by atoms with Gasteiger partial charge in [0.2, 0.25) is 0 Å². The number of allylic oxidation sites excluding steroid dienone is 2. The maximum absolute atomic E-state index is 12.7. The Balaban J connectivity index is 2.58. The molecule has 0 fully saturated rings. The molecule has 0 saturated carbocycles. The molecule has 0 aromatic carbocycles. The smallest absolute Gasteiger partial charge is 0.266 e. The lowest BCUT2D eigenvalue weighted by Crippen LogP contribution is -2.33. The maximum atomic E-state index is 12.7. The Labute approximate surface area is 76.8 Å². The summed E-state index contributed by atoms with van der Waals surface area (Å²) in [6.45, 7) is 3.52. The Kier molecular flexibility index (Phi) is 2.86. The first-order valence-electron chi connectivity index (χ1n) is 4.39. The van der Waals surface area contributed by atoms with E-state index >= 15 is 0 Å². The molecule has 0 bridgehead atoms. The quantitative estimate of drug-likeness (QED) is 0.675. The van der Waals surface area contributed by atoms with Crippen LogP contribution in [0.25, 0.3) is 0 Å². The van der Waals surface area contributed by atoms with E-state index in [1.54, 1.807) is 6.08 Å². The van der Waals surface area contributed by atoms with Gasteiger partial charge < -0.3 is 5.11 Å². The zero-order valence-electron chi connectivity index (χ0n) is 7.47. The molecule has 0 aromatic heterocycles. The third-order valence-corrected chi connectivity index (χ3v) is 2.31. The van der Waals surface area contributed by atoms with E-state index in [0.717, 1.165) is 6.08 Å². The van der Waals surface area contributed by atoms with Gasteiger partial charge in [-0.15, -0.1) is 6.58 Å². The molecule has 0 aromatic rings. The van der Waals surface area contributed by atoms with E-state index in [2.05, 4.69) is 6.58 Å². The first-order chi connectivity index (χ1) is 5.97. The minimum absolute atomic E-state index is 0.129. The lowest BCUT2D eigenvalue weighted by atomic mass is 9.86. The van der Waals surface area contributed by atoms with Crippen molar-refractivity contribution in [2.24, 2.45) is 0 Å². The number of halogens is 2. The normalized spacial score (nSPS) is 31.6. The Morgan fingerprint density at radius 1 is 1.38 bits per heavy atom. The van der Waals surface area contributed by atoms with Crippen molar-refractivity contribution in [3.8, 4) is 0 Å². The summed E-state index contributed by atoms with van der Waals surface area (Å²) in [5.41, 5.74) is -1.05. The van der Waals surface area contributed by atoms with Gasteiger partial charge in [0.25, 0.3) is 5.92 Å². The van der Waals surface area contributed by atoms with Gasteiger partial charge in [-0.25, -0.2) is 8.78 Å². The monoisotopic (exact) mass is 188 g/mol. The van der Waals surface area contributed by atoms with Gasteiger partial charge in [0.1, 0.15) is 0 Å². The van der Waals surface area contributed by atoms with E-state index < -0.39 is 11.5 Å². The van der Waals surface area contributed by atoms with Crippen LogP contribution in [-0.4, -0.2) is 16.6 Å². The third kappa shape index (κ3) is 2.92. The molecule has 3 heteroatoms. The van der Waals surface area contributed by atoms with Gasteiger partial charge in [-0.05, 0) is 25.3 Å². The molecule has 74 valence electrons. The summed E-state index contributed by atoms with van der Waals surface area (Å²) in [7, 11) is 0. The first-order valence-corrected chi connectivity index (χ1v) is 4.39. The van der Waals surface area contributed by atoms with Gasteiger partial charge in [0.15, 0.2) is 0 Å². The van der Waals surface area contributed by atoms with Crippen molar-refractivity contribution in [1.82, 2.24) is 0 Å². The van der Waals surface area contributed by atoms with E-state index in [1.165, 1.54) is 6.08 Å². The lowest BCUT2D eigenvalue weighted by Gasteiger charge is -2.30. The van der Waals surface area contributed by atoms with E-state index in [1.807, 2.05) is 0 Å². The summed E-state index contributed by atoms with van der Waals surface area (Å²) >= 11 is 0. The van der Waals surface area contributed by atoms with Gasteiger partial charge in [-0.1, -0.05) is 12.2 Å². The van der Waals surface area contributed by atoms with Crippen LogP contribution in [0.1, 0.15) is 25.7 Å². The van der Waals surface area contributed by atoms with Crippen LogP contribution >= 0.6 is 0 Å². The summed E-state index contributed by atoms with van der Waals surface area (Å²) in [5.74, 6) is -2.74. The summed E-state index contributed by atoms with van der Waals surface area (Å²) in [4.78, 5) is 0. The molecule has 0 aliphatic heterocycles. The molecule has 1 unspecified atom stereocenters. The van der Waals surface area contributed by atoms with Crippen molar-refractivity contribution in [2.45, 2.75) is 37.2 Å². The van der Waals surface area contributed by atoms with Crippen molar-refractivity contribution < 1.29 is 13.9 Å². The second-order valence-electron chi connectivity index (χ2n) is 3.53. The third-order valence-electron chi connectivity index (χ3n) is 2.31. The maximum Gasteiger partial charge on any atom is 0.266 e. The summed E-state index contributed by atoms with van der Waals surface area (Å²) in [6.07, 6.45) is 4.69. The van der Waals surface area contributed by atoms with Gasteiger partial charge >= 0.3 is 0 Å². The van der Waals surface area contributed by atoms with E-state index in [4.69, 9.17) is 0 Å². The summed E-state index contributed by atoms with van der Waals surface area (Å²) in [6, 6.07) is 0. The van der Waals surface area contributed by atoms with Crippen LogP contribution < -0.4 is 0 Å². The highest BCUT2D eigenvalue weighted by molar-refractivity contribution is 5.11. The van der Waals surface area contributed by atoms with Gasteiger partial charge in [-0.2, -0.15) is 0 Å². The predicted octanol–water partition coefficient (Wildman–Crippen LogP) is 2.67. The Hall–Kier alpha value is -0.700. The highest BCUT2D eigenvalue weighted by atomic mass is 19.3. The van der Waals surface area contributed by atoms with E-state index in [-0.39, 0.29) is 12.8 Å². The molecule has 0 radical (unpaired) electrons. The molecule has 13 heavy (non-hydrogen) atoms. The van der Waals surface area contributed by atoms with Crippen LogP contribution in [0.4, 0.5) is 8.78 Å². The van der Waals surface area contributed by atoms with Crippen LogP contribution in [0.2, 0.25) is 0 Å². The highest BCUT2D eigenvalue weighted by Crippen LogP contribution is 2.34.